The van der Waals surface area contributed by atoms with Crippen LogP contribution in [0.3, 0.4) is 0 Å². The maximum Gasteiger partial charge on any atom is 0.328 e. The minimum Gasteiger partial charge on any atom is -0.480 e. The maximum atomic E-state index is 13.1. The van der Waals surface area contributed by atoms with Crippen molar-refractivity contribution in [2.45, 2.75) is 32.2 Å². The molecule has 2 N–H and O–H groups in total. The predicted molar refractivity (Wildman–Crippen MR) is 64.3 cm³/mol. The summed E-state index contributed by atoms with van der Waals surface area (Å²) in [6.07, 6.45) is 1.87. The Morgan fingerprint density at radius 3 is 2.76 bits per heavy atom. The van der Waals surface area contributed by atoms with Crippen molar-refractivity contribution < 1.29 is 14.3 Å². The van der Waals surface area contributed by atoms with Gasteiger partial charge in [-0.05, 0) is 37.6 Å². The minimum absolute atomic E-state index is 0.424. The predicted octanol–water partition coefficient (Wildman–Crippen LogP) is 2.52. The van der Waals surface area contributed by atoms with Crippen LogP contribution < -0.4 is 5.32 Å². The number of unbranched alkanes of at least 4 members (excludes halogenated alkanes) is 1. The van der Waals surface area contributed by atoms with Gasteiger partial charge in [-0.15, -0.1) is 0 Å². The number of carboxylic acids is 1. The van der Waals surface area contributed by atoms with Gasteiger partial charge in [-0.3, -0.25) is 5.32 Å². The molecular formula is C13H18FNO2. The summed E-state index contributed by atoms with van der Waals surface area (Å²) in [6.45, 7) is 4.18. The second-order valence-electron chi connectivity index (χ2n) is 4.22. The van der Waals surface area contributed by atoms with Crippen molar-refractivity contribution in [1.82, 2.24) is 5.32 Å². The van der Waals surface area contributed by atoms with Crippen LogP contribution in [0.5, 0.6) is 0 Å². The summed E-state index contributed by atoms with van der Waals surface area (Å²) in [7, 11) is 0. The van der Waals surface area contributed by atoms with Crippen molar-refractivity contribution in [3.05, 3.63) is 35.6 Å². The lowest BCUT2D eigenvalue weighted by molar-refractivity contribution is -0.144. The van der Waals surface area contributed by atoms with Crippen LogP contribution in [0, 0.1) is 5.82 Å². The van der Waals surface area contributed by atoms with E-state index in [1.54, 1.807) is 13.0 Å². The summed E-state index contributed by atoms with van der Waals surface area (Å²) >= 11 is 0. The average molecular weight is 239 g/mol. The largest absolute Gasteiger partial charge is 0.480 e. The molecule has 0 radical (unpaired) electrons. The third-order valence-electron chi connectivity index (χ3n) is 2.84. The highest BCUT2D eigenvalue weighted by atomic mass is 19.1. The molecule has 0 aliphatic carbocycles. The van der Waals surface area contributed by atoms with Gasteiger partial charge in [0.2, 0.25) is 0 Å². The van der Waals surface area contributed by atoms with E-state index in [-0.39, 0.29) is 0 Å². The highest BCUT2D eigenvalue weighted by Crippen LogP contribution is 2.22. The van der Waals surface area contributed by atoms with Gasteiger partial charge in [0.15, 0.2) is 0 Å². The SMILES string of the molecule is CCCCNC(C)(C(=O)O)c1cccc(F)c1. The van der Waals surface area contributed by atoms with E-state index in [0.29, 0.717) is 12.1 Å². The molecule has 0 bridgehead atoms. The lowest BCUT2D eigenvalue weighted by atomic mass is 9.92. The van der Waals surface area contributed by atoms with Gasteiger partial charge in [0.25, 0.3) is 0 Å². The molecule has 94 valence electrons. The van der Waals surface area contributed by atoms with Gasteiger partial charge >= 0.3 is 5.97 Å². The van der Waals surface area contributed by atoms with E-state index in [0.717, 1.165) is 12.8 Å². The van der Waals surface area contributed by atoms with Crippen molar-refractivity contribution in [3.8, 4) is 0 Å². The maximum absolute atomic E-state index is 13.1. The third kappa shape index (κ3) is 3.27. The van der Waals surface area contributed by atoms with E-state index >= 15 is 0 Å². The Hall–Kier alpha value is -1.42. The monoisotopic (exact) mass is 239 g/mol. The molecule has 0 aromatic heterocycles. The number of hydrogen-bond donors (Lipinski definition) is 2. The van der Waals surface area contributed by atoms with Crippen molar-refractivity contribution in [2.24, 2.45) is 0 Å². The van der Waals surface area contributed by atoms with E-state index < -0.39 is 17.3 Å². The van der Waals surface area contributed by atoms with E-state index in [4.69, 9.17) is 0 Å². The first-order valence-corrected chi connectivity index (χ1v) is 5.75. The van der Waals surface area contributed by atoms with E-state index in [1.165, 1.54) is 18.2 Å². The molecule has 0 fully saturated rings. The number of aliphatic carboxylic acids is 1. The summed E-state index contributed by atoms with van der Waals surface area (Å²) in [5, 5.41) is 12.3. The molecule has 0 aliphatic heterocycles. The number of benzene rings is 1. The highest BCUT2D eigenvalue weighted by molar-refractivity contribution is 5.80. The summed E-state index contributed by atoms with van der Waals surface area (Å²) in [6, 6.07) is 5.70. The minimum atomic E-state index is -1.24. The molecule has 0 aliphatic rings. The first-order valence-electron chi connectivity index (χ1n) is 5.75. The van der Waals surface area contributed by atoms with Crippen LogP contribution in [-0.4, -0.2) is 17.6 Å². The molecule has 0 saturated carbocycles. The topological polar surface area (TPSA) is 49.3 Å². The van der Waals surface area contributed by atoms with E-state index in [9.17, 15) is 14.3 Å². The molecule has 0 spiro atoms. The molecule has 1 rings (SSSR count). The fraction of sp³-hybridized carbons (Fsp3) is 0.462. The summed E-state index contributed by atoms with van der Waals surface area (Å²) in [4.78, 5) is 11.3. The van der Waals surface area contributed by atoms with Crippen molar-refractivity contribution >= 4 is 5.97 Å². The lowest BCUT2D eigenvalue weighted by Gasteiger charge is -2.27. The summed E-state index contributed by atoms with van der Waals surface area (Å²) < 4.78 is 13.1. The fourth-order valence-electron chi connectivity index (χ4n) is 1.62. The van der Waals surface area contributed by atoms with E-state index in [1.807, 2.05) is 6.92 Å². The van der Waals surface area contributed by atoms with Gasteiger partial charge in [-0.1, -0.05) is 25.5 Å². The van der Waals surface area contributed by atoms with Crippen LogP contribution in [0.25, 0.3) is 0 Å². The second-order valence-corrected chi connectivity index (χ2v) is 4.22. The Morgan fingerprint density at radius 2 is 2.24 bits per heavy atom. The van der Waals surface area contributed by atoms with Gasteiger partial charge in [0.05, 0.1) is 0 Å². The number of carbonyl (C=O) groups is 1. The van der Waals surface area contributed by atoms with Crippen molar-refractivity contribution in [1.29, 1.82) is 0 Å². The van der Waals surface area contributed by atoms with Crippen LogP contribution in [0.1, 0.15) is 32.3 Å². The van der Waals surface area contributed by atoms with Crippen LogP contribution in [-0.2, 0) is 10.3 Å². The standard InChI is InChI=1S/C13H18FNO2/c1-3-4-8-15-13(2,12(16)17)10-6-5-7-11(14)9-10/h5-7,9,15H,3-4,8H2,1-2H3,(H,16,17). The number of hydrogen-bond acceptors (Lipinski definition) is 2. The molecule has 4 heteroatoms. The summed E-state index contributed by atoms with van der Waals surface area (Å²) in [5.74, 6) is -1.42. The smallest absolute Gasteiger partial charge is 0.328 e. The van der Waals surface area contributed by atoms with Crippen LogP contribution >= 0.6 is 0 Å². The number of rotatable bonds is 6. The molecule has 1 atom stereocenters. The van der Waals surface area contributed by atoms with Crippen molar-refractivity contribution in [3.63, 3.8) is 0 Å². The average Bonchev–Trinajstić information content (AvgIpc) is 2.29. The molecule has 1 aromatic rings. The van der Waals surface area contributed by atoms with Crippen LogP contribution in [0.4, 0.5) is 4.39 Å². The normalized spacial score (nSPS) is 14.3. The Morgan fingerprint density at radius 1 is 1.53 bits per heavy atom. The Labute approximate surface area is 101 Å². The molecular weight excluding hydrogens is 221 g/mol. The zero-order chi connectivity index (χ0) is 12.9. The number of halogens is 1. The summed E-state index contributed by atoms with van der Waals surface area (Å²) in [5.41, 5.74) is -0.807. The highest BCUT2D eigenvalue weighted by Gasteiger charge is 2.34. The molecule has 0 saturated heterocycles. The Balaban J connectivity index is 2.95. The first-order chi connectivity index (χ1) is 8.00. The molecule has 0 heterocycles. The quantitative estimate of drug-likeness (QED) is 0.750. The molecule has 1 unspecified atom stereocenters. The van der Waals surface area contributed by atoms with E-state index in [2.05, 4.69) is 5.32 Å². The van der Waals surface area contributed by atoms with Crippen molar-refractivity contribution in [2.75, 3.05) is 6.54 Å². The van der Waals surface area contributed by atoms with Gasteiger partial charge in [0, 0.05) is 0 Å². The van der Waals surface area contributed by atoms with Gasteiger partial charge < -0.3 is 5.11 Å². The van der Waals surface area contributed by atoms with Crippen LogP contribution in [0.2, 0.25) is 0 Å². The van der Waals surface area contributed by atoms with Gasteiger partial charge in [-0.25, -0.2) is 9.18 Å². The number of carboxylic acid groups (broad SMARTS) is 1. The van der Waals surface area contributed by atoms with Gasteiger partial charge in [-0.2, -0.15) is 0 Å². The second kappa shape index (κ2) is 5.77. The molecule has 0 amide bonds. The Kier molecular flexibility index (Phi) is 4.63. The number of nitrogens with one attached hydrogen (secondary N) is 1. The molecule has 1 aromatic carbocycles. The van der Waals surface area contributed by atoms with Gasteiger partial charge in [0.1, 0.15) is 11.4 Å². The lowest BCUT2D eigenvalue weighted by Crippen LogP contribution is -2.47. The zero-order valence-electron chi connectivity index (χ0n) is 10.2. The Bertz CT molecular complexity index is 395. The molecule has 17 heavy (non-hydrogen) atoms. The van der Waals surface area contributed by atoms with Crippen LogP contribution in [0.15, 0.2) is 24.3 Å². The zero-order valence-corrected chi connectivity index (χ0v) is 10.2. The third-order valence-corrected chi connectivity index (χ3v) is 2.84. The molecule has 3 nitrogen and oxygen atoms in total. The fourth-order valence-corrected chi connectivity index (χ4v) is 1.62. The first kappa shape index (κ1) is 13.6.